The Morgan fingerprint density at radius 1 is 1.14 bits per heavy atom. The molecule has 0 spiro atoms. The molecule has 0 aliphatic heterocycles. The van der Waals surface area contributed by atoms with Crippen LogP contribution in [0.2, 0.25) is 0 Å². The first kappa shape index (κ1) is 15.1. The molecule has 0 aromatic heterocycles. The molecule has 0 fully saturated rings. The van der Waals surface area contributed by atoms with Gasteiger partial charge in [0.25, 0.3) is 5.91 Å². The number of ether oxygens (including phenoxy) is 1. The highest BCUT2D eigenvalue weighted by Gasteiger charge is 2.07. The number of carbonyl (C=O) groups is 1. The Balaban J connectivity index is 1.96. The van der Waals surface area contributed by atoms with E-state index in [2.05, 4.69) is 11.4 Å². The maximum atomic E-state index is 11.9. The number of hydrogen-bond donors (Lipinski definition) is 2. The van der Waals surface area contributed by atoms with Crippen LogP contribution < -0.4 is 15.8 Å². The van der Waals surface area contributed by atoms with E-state index in [9.17, 15) is 4.79 Å². The smallest absolute Gasteiger partial charge is 0.262 e. The van der Waals surface area contributed by atoms with Crippen molar-refractivity contribution in [1.29, 1.82) is 0 Å². The third-order valence-electron chi connectivity index (χ3n) is 3.08. The Morgan fingerprint density at radius 2 is 1.81 bits per heavy atom. The molecule has 4 nitrogen and oxygen atoms in total. The Hall–Kier alpha value is -2.33. The van der Waals surface area contributed by atoms with Crippen LogP contribution >= 0.6 is 0 Å². The van der Waals surface area contributed by atoms with Crippen molar-refractivity contribution in [1.82, 2.24) is 0 Å². The second-order valence-corrected chi connectivity index (χ2v) is 5.02. The first-order valence-corrected chi connectivity index (χ1v) is 6.87. The number of nitrogens with two attached hydrogens (primary N) is 1. The first-order chi connectivity index (χ1) is 10.1. The summed E-state index contributed by atoms with van der Waals surface area (Å²) in [5.41, 5.74) is 9.49. The quantitative estimate of drug-likeness (QED) is 0.887. The van der Waals surface area contributed by atoms with Crippen LogP contribution in [0.1, 0.15) is 16.7 Å². The van der Waals surface area contributed by atoms with E-state index in [1.54, 1.807) is 0 Å². The minimum Gasteiger partial charge on any atom is -0.484 e. The molecule has 110 valence electrons. The Morgan fingerprint density at radius 3 is 2.48 bits per heavy atom. The predicted molar refractivity (Wildman–Crippen MR) is 84.4 cm³/mol. The number of nitrogens with one attached hydrogen (secondary N) is 1. The molecule has 2 aromatic rings. The molecule has 3 N–H and O–H groups in total. The van der Waals surface area contributed by atoms with Crippen LogP contribution in [0.4, 0.5) is 5.69 Å². The zero-order valence-corrected chi connectivity index (χ0v) is 12.3. The maximum Gasteiger partial charge on any atom is 0.262 e. The molecule has 0 heterocycles. The SMILES string of the molecule is Cc1cc(C)cc(OCC(=O)Nc2ccccc2CN)c1. The maximum absolute atomic E-state index is 11.9. The van der Waals surface area contributed by atoms with Crippen LogP contribution in [0.25, 0.3) is 0 Å². The lowest BCUT2D eigenvalue weighted by Gasteiger charge is -2.11. The van der Waals surface area contributed by atoms with Crippen molar-refractivity contribution in [3.8, 4) is 5.75 Å². The van der Waals surface area contributed by atoms with Gasteiger partial charge < -0.3 is 15.8 Å². The van der Waals surface area contributed by atoms with Gasteiger partial charge in [0.2, 0.25) is 0 Å². The summed E-state index contributed by atoms with van der Waals surface area (Å²) < 4.78 is 5.53. The van der Waals surface area contributed by atoms with E-state index in [1.807, 2.05) is 50.2 Å². The number of hydrogen-bond acceptors (Lipinski definition) is 3. The second-order valence-electron chi connectivity index (χ2n) is 5.02. The topological polar surface area (TPSA) is 64.3 Å². The normalized spacial score (nSPS) is 10.2. The molecule has 2 aromatic carbocycles. The van der Waals surface area contributed by atoms with Crippen LogP contribution in [0, 0.1) is 13.8 Å². The number of anilines is 1. The predicted octanol–water partition coefficient (Wildman–Crippen LogP) is 2.78. The Labute approximate surface area is 124 Å². The fourth-order valence-corrected chi connectivity index (χ4v) is 2.17. The summed E-state index contributed by atoms with van der Waals surface area (Å²) in [4.78, 5) is 11.9. The minimum atomic E-state index is -0.199. The molecule has 0 atom stereocenters. The van der Waals surface area contributed by atoms with E-state index in [0.717, 1.165) is 22.4 Å². The van der Waals surface area contributed by atoms with Crippen LogP contribution in [0.5, 0.6) is 5.75 Å². The number of para-hydroxylation sites is 1. The summed E-state index contributed by atoms with van der Waals surface area (Å²) in [5, 5.41) is 2.82. The van der Waals surface area contributed by atoms with Crippen molar-refractivity contribution in [3.05, 3.63) is 59.2 Å². The minimum absolute atomic E-state index is 0.0260. The summed E-state index contributed by atoms with van der Waals surface area (Å²) >= 11 is 0. The number of rotatable bonds is 5. The highest BCUT2D eigenvalue weighted by Crippen LogP contribution is 2.17. The van der Waals surface area contributed by atoms with E-state index in [-0.39, 0.29) is 12.5 Å². The lowest BCUT2D eigenvalue weighted by atomic mass is 10.1. The van der Waals surface area contributed by atoms with Crippen molar-refractivity contribution in [2.24, 2.45) is 5.73 Å². The van der Waals surface area contributed by atoms with Crippen molar-refractivity contribution in [2.45, 2.75) is 20.4 Å². The highest BCUT2D eigenvalue weighted by molar-refractivity contribution is 5.92. The van der Waals surface area contributed by atoms with Crippen molar-refractivity contribution in [2.75, 3.05) is 11.9 Å². The second kappa shape index (κ2) is 6.90. The molecular weight excluding hydrogens is 264 g/mol. The number of aryl methyl sites for hydroxylation is 2. The molecule has 2 rings (SSSR count). The average molecular weight is 284 g/mol. The van der Waals surface area contributed by atoms with Crippen LogP contribution in [-0.4, -0.2) is 12.5 Å². The molecule has 21 heavy (non-hydrogen) atoms. The fraction of sp³-hybridized carbons (Fsp3) is 0.235. The molecule has 0 saturated heterocycles. The zero-order chi connectivity index (χ0) is 15.2. The monoisotopic (exact) mass is 284 g/mol. The summed E-state index contributed by atoms with van der Waals surface area (Å²) in [6.45, 7) is 4.35. The average Bonchev–Trinajstić information content (AvgIpc) is 2.45. The van der Waals surface area contributed by atoms with Crippen molar-refractivity contribution in [3.63, 3.8) is 0 Å². The van der Waals surface area contributed by atoms with Gasteiger partial charge in [-0.1, -0.05) is 24.3 Å². The summed E-state index contributed by atoms with van der Waals surface area (Å²) in [5.74, 6) is 0.504. The largest absolute Gasteiger partial charge is 0.484 e. The third-order valence-corrected chi connectivity index (χ3v) is 3.08. The van der Waals surface area contributed by atoms with Gasteiger partial charge in [-0.15, -0.1) is 0 Å². The van der Waals surface area contributed by atoms with Gasteiger partial charge in [-0.05, 0) is 48.7 Å². The van der Waals surface area contributed by atoms with Gasteiger partial charge in [0.15, 0.2) is 6.61 Å². The fourth-order valence-electron chi connectivity index (χ4n) is 2.17. The summed E-state index contributed by atoms with van der Waals surface area (Å²) in [6, 6.07) is 13.4. The van der Waals surface area contributed by atoms with Crippen LogP contribution in [-0.2, 0) is 11.3 Å². The van der Waals surface area contributed by atoms with Gasteiger partial charge in [-0.3, -0.25) is 4.79 Å². The molecule has 0 aliphatic rings. The lowest BCUT2D eigenvalue weighted by molar-refractivity contribution is -0.118. The third kappa shape index (κ3) is 4.33. The number of carbonyl (C=O) groups excluding carboxylic acids is 1. The van der Waals surface area contributed by atoms with E-state index < -0.39 is 0 Å². The number of benzene rings is 2. The van der Waals surface area contributed by atoms with Crippen LogP contribution in [0.3, 0.4) is 0 Å². The van der Waals surface area contributed by atoms with Gasteiger partial charge in [0.1, 0.15) is 5.75 Å². The van der Waals surface area contributed by atoms with E-state index >= 15 is 0 Å². The molecule has 1 amide bonds. The molecule has 0 saturated carbocycles. The Bertz CT molecular complexity index is 618. The van der Waals surface area contributed by atoms with E-state index in [4.69, 9.17) is 10.5 Å². The van der Waals surface area contributed by atoms with Crippen molar-refractivity contribution >= 4 is 11.6 Å². The molecule has 0 bridgehead atoms. The summed E-state index contributed by atoms with van der Waals surface area (Å²) in [7, 11) is 0. The van der Waals surface area contributed by atoms with Crippen molar-refractivity contribution < 1.29 is 9.53 Å². The molecule has 0 aliphatic carbocycles. The highest BCUT2D eigenvalue weighted by atomic mass is 16.5. The first-order valence-electron chi connectivity index (χ1n) is 6.87. The standard InChI is InChI=1S/C17H20N2O2/c1-12-7-13(2)9-15(8-12)21-11-17(20)19-16-6-4-3-5-14(16)10-18/h3-9H,10-11,18H2,1-2H3,(H,19,20). The molecule has 0 unspecified atom stereocenters. The number of amides is 1. The molecule has 4 heteroatoms. The molecule has 0 radical (unpaired) electrons. The van der Waals surface area contributed by atoms with Gasteiger partial charge >= 0.3 is 0 Å². The zero-order valence-electron chi connectivity index (χ0n) is 12.3. The summed E-state index contributed by atoms with van der Waals surface area (Å²) in [6.07, 6.45) is 0. The van der Waals surface area contributed by atoms with Gasteiger partial charge in [-0.2, -0.15) is 0 Å². The van der Waals surface area contributed by atoms with Gasteiger partial charge in [0.05, 0.1) is 0 Å². The van der Waals surface area contributed by atoms with E-state index in [0.29, 0.717) is 12.3 Å². The van der Waals surface area contributed by atoms with E-state index in [1.165, 1.54) is 0 Å². The Kier molecular flexibility index (Phi) is 4.95. The van der Waals surface area contributed by atoms with Crippen LogP contribution in [0.15, 0.2) is 42.5 Å². The molecular formula is C17H20N2O2. The lowest BCUT2D eigenvalue weighted by Crippen LogP contribution is -2.21. The van der Waals surface area contributed by atoms with Gasteiger partial charge in [0, 0.05) is 12.2 Å². The van der Waals surface area contributed by atoms with Gasteiger partial charge in [-0.25, -0.2) is 0 Å².